The van der Waals surface area contributed by atoms with Crippen molar-refractivity contribution in [3.05, 3.63) is 23.9 Å². The third-order valence-corrected chi connectivity index (χ3v) is 3.02. The zero-order chi connectivity index (χ0) is 10.7. The van der Waals surface area contributed by atoms with Crippen LogP contribution in [0.3, 0.4) is 0 Å². The van der Waals surface area contributed by atoms with Crippen molar-refractivity contribution >= 4 is 11.6 Å². The SMILES string of the molecule is Nc1ncccc1CC1CCCC(=O)C1. The molecule has 3 heteroatoms. The third-order valence-electron chi connectivity index (χ3n) is 3.02. The highest BCUT2D eigenvalue weighted by Crippen LogP contribution is 2.26. The van der Waals surface area contributed by atoms with E-state index in [1.54, 1.807) is 6.20 Å². The molecule has 2 N–H and O–H groups in total. The molecule has 1 aliphatic carbocycles. The van der Waals surface area contributed by atoms with Crippen molar-refractivity contribution in [2.45, 2.75) is 32.1 Å². The Morgan fingerprint density at radius 2 is 2.40 bits per heavy atom. The number of carbonyl (C=O) groups excluding carboxylic acids is 1. The second kappa shape index (κ2) is 4.43. The monoisotopic (exact) mass is 204 g/mol. The lowest BCUT2D eigenvalue weighted by Crippen LogP contribution is -2.17. The summed E-state index contributed by atoms with van der Waals surface area (Å²) in [6, 6.07) is 3.90. The molecule has 0 saturated heterocycles. The molecule has 0 aliphatic heterocycles. The first-order chi connectivity index (χ1) is 7.25. The lowest BCUT2D eigenvalue weighted by molar-refractivity contribution is -0.121. The molecular formula is C12H16N2O. The van der Waals surface area contributed by atoms with Crippen LogP contribution in [0.4, 0.5) is 5.82 Å². The van der Waals surface area contributed by atoms with E-state index in [2.05, 4.69) is 4.98 Å². The van der Waals surface area contributed by atoms with Gasteiger partial charge in [0, 0.05) is 19.0 Å². The number of nitrogen functional groups attached to an aromatic ring is 1. The van der Waals surface area contributed by atoms with Crippen LogP contribution >= 0.6 is 0 Å². The van der Waals surface area contributed by atoms with Gasteiger partial charge in [-0.3, -0.25) is 4.79 Å². The molecule has 1 aromatic heterocycles. The number of carbonyl (C=O) groups is 1. The molecular weight excluding hydrogens is 188 g/mol. The van der Waals surface area contributed by atoms with Crippen molar-refractivity contribution in [2.24, 2.45) is 5.92 Å². The summed E-state index contributed by atoms with van der Waals surface area (Å²) in [5.41, 5.74) is 6.86. The predicted octanol–water partition coefficient (Wildman–Crippen LogP) is 1.97. The van der Waals surface area contributed by atoms with Gasteiger partial charge in [0.1, 0.15) is 11.6 Å². The van der Waals surface area contributed by atoms with Crippen LogP contribution in [0.25, 0.3) is 0 Å². The van der Waals surface area contributed by atoms with Gasteiger partial charge in [0.2, 0.25) is 0 Å². The van der Waals surface area contributed by atoms with Crippen LogP contribution < -0.4 is 5.73 Å². The number of ketones is 1. The Morgan fingerprint density at radius 3 is 3.13 bits per heavy atom. The molecule has 0 bridgehead atoms. The number of Topliss-reactive ketones (excluding diaryl/α,β-unsaturated/α-hetero) is 1. The molecule has 1 heterocycles. The highest BCUT2D eigenvalue weighted by atomic mass is 16.1. The van der Waals surface area contributed by atoms with Gasteiger partial charge in [0.25, 0.3) is 0 Å². The van der Waals surface area contributed by atoms with Crippen molar-refractivity contribution in [3.8, 4) is 0 Å². The Bertz CT molecular complexity index is 362. The molecule has 0 aromatic carbocycles. The van der Waals surface area contributed by atoms with Gasteiger partial charge in [-0.2, -0.15) is 0 Å². The molecule has 0 amide bonds. The minimum Gasteiger partial charge on any atom is -0.383 e. The van der Waals surface area contributed by atoms with Gasteiger partial charge in [0.15, 0.2) is 0 Å². The third kappa shape index (κ3) is 2.55. The van der Waals surface area contributed by atoms with Crippen LogP contribution in [-0.2, 0) is 11.2 Å². The van der Waals surface area contributed by atoms with Gasteiger partial charge >= 0.3 is 0 Å². The Hall–Kier alpha value is -1.38. The number of anilines is 1. The number of pyridine rings is 1. The van der Waals surface area contributed by atoms with E-state index < -0.39 is 0 Å². The molecule has 1 atom stereocenters. The fraction of sp³-hybridized carbons (Fsp3) is 0.500. The van der Waals surface area contributed by atoms with E-state index in [1.165, 1.54) is 0 Å². The van der Waals surface area contributed by atoms with E-state index in [-0.39, 0.29) is 0 Å². The topological polar surface area (TPSA) is 56.0 Å². The molecule has 1 unspecified atom stereocenters. The van der Waals surface area contributed by atoms with Gasteiger partial charge in [-0.05, 0) is 36.8 Å². The minimum absolute atomic E-state index is 0.397. The van der Waals surface area contributed by atoms with Gasteiger partial charge in [-0.25, -0.2) is 4.98 Å². The van der Waals surface area contributed by atoms with Gasteiger partial charge < -0.3 is 5.73 Å². The molecule has 3 nitrogen and oxygen atoms in total. The Kier molecular flexibility index (Phi) is 2.99. The Balaban J connectivity index is 2.02. The first-order valence-corrected chi connectivity index (χ1v) is 5.47. The largest absolute Gasteiger partial charge is 0.383 e. The summed E-state index contributed by atoms with van der Waals surface area (Å²) >= 11 is 0. The molecule has 1 aliphatic rings. The average molecular weight is 204 g/mol. The summed E-state index contributed by atoms with van der Waals surface area (Å²) in [7, 11) is 0. The molecule has 2 rings (SSSR count). The highest BCUT2D eigenvalue weighted by Gasteiger charge is 2.20. The van der Waals surface area contributed by atoms with Crippen LogP contribution in [0, 0.1) is 5.92 Å². The Morgan fingerprint density at radius 1 is 1.53 bits per heavy atom. The maximum Gasteiger partial charge on any atom is 0.133 e. The molecule has 0 spiro atoms. The van der Waals surface area contributed by atoms with Gasteiger partial charge in [-0.1, -0.05) is 6.07 Å². The van der Waals surface area contributed by atoms with E-state index in [0.29, 0.717) is 23.9 Å². The second-order valence-electron chi connectivity index (χ2n) is 4.25. The molecule has 15 heavy (non-hydrogen) atoms. The van der Waals surface area contributed by atoms with Crippen LogP contribution in [0.5, 0.6) is 0 Å². The van der Waals surface area contributed by atoms with E-state index >= 15 is 0 Å². The van der Waals surface area contributed by atoms with Gasteiger partial charge in [-0.15, -0.1) is 0 Å². The Labute approximate surface area is 89.7 Å². The summed E-state index contributed by atoms with van der Waals surface area (Å²) in [4.78, 5) is 15.4. The summed E-state index contributed by atoms with van der Waals surface area (Å²) in [6.07, 6.45) is 6.24. The maximum absolute atomic E-state index is 11.3. The van der Waals surface area contributed by atoms with Crippen LogP contribution in [0.15, 0.2) is 18.3 Å². The number of nitrogens with two attached hydrogens (primary N) is 1. The van der Waals surface area contributed by atoms with Gasteiger partial charge in [0.05, 0.1) is 0 Å². The highest BCUT2D eigenvalue weighted by molar-refractivity contribution is 5.79. The van der Waals surface area contributed by atoms with E-state index in [0.717, 1.165) is 31.2 Å². The first-order valence-electron chi connectivity index (χ1n) is 5.47. The van der Waals surface area contributed by atoms with Crippen LogP contribution in [-0.4, -0.2) is 10.8 Å². The first kappa shape index (κ1) is 10.1. The summed E-state index contributed by atoms with van der Waals surface area (Å²) in [5, 5.41) is 0. The summed E-state index contributed by atoms with van der Waals surface area (Å²) in [6.45, 7) is 0. The standard InChI is InChI=1S/C12H16N2O/c13-12-10(4-2-6-14-12)7-9-3-1-5-11(15)8-9/h2,4,6,9H,1,3,5,7-8H2,(H2,13,14). The van der Waals surface area contributed by atoms with Crippen molar-refractivity contribution in [3.63, 3.8) is 0 Å². The maximum atomic E-state index is 11.3. The summed E-state index contributed by atoms with van der Waals surface area (Å²) in [5.74, 6) is 1.47. The quantitative estimate of drug-likeness (QED) is 0.801. The van der Waals surface area contributed by atoms with Crippen molar-refractivity contribution in [1.82, 2.24) is 4.98 Å². The average Bonchev–Trinajstić information content (AvgIpc) is 2.22. The number of nitrogens with zero attached hydrogens (tertiary/aromatic N) is 1. The van der Waals surface area contributed by atoms with Crippen LogP contribution in [0.2, 0.25) is 0 Å². The zero-order valence-corrected chi connectivity index (χ0v) is 8.78. The minimum atomic E-state index is 0.397. The fourth-order valence-corrected chi connectivity index (χ4v) is 2.22. The van der Waals surface area contributed by atoms with Crippen molar-refractivity contribution in [2.75, 3.05) is 5.73 Å². The smallest absolute Gasteiger partial charge is 0.133 e. The van der Waals surface area contributed by atoms with E-state index in [1.807, 2.05) is 12.1 Å². The molecule has 1 saturated carbocycles. The zero-order valence-electron chi connectivity index (χ0n) is 8.78. The number of hydrogen-bond acceptors (Lipinski definition) is 3. The fourth-order valence-electron chi connectivity index (χ4n) is 2.22. The predicted molar refractivity (Wildman–Crippen MR) is 59.3 cm³/mol. The molecule has 0 radical (unpaired) electrons. The lowest BCUT2D eigenvalue weighted by Gasteiger charge is -2.20. The van der Waals surface area contributed by atoms with E-state index in [9.17, 15) is 4.79 Å². The molecule has 1 aromatic rings. The lowest BCUT2D eigenvalue weighted by atomic mass is 9.84. The van der Waals surface area contributed by atoms with Crippen molar-refractivity contribution in [1.29, 1.82) is 0 Å². The normalized spacial score (nSPS) is 21.6. The second-order valence-corrected chi connectivity index (χ2v) is 4.25. The van der Waals surface area contributed by atoms with Crippen molar-refractivity contribution < 1.29 is 4.79 Å². The number of hydrogen-bond donors (Lipinski definition) is 1. The summed E-state index contributed by atoms with van der Waals surface area (Å²) < 4.78 is 0. The molecule has 1 fully saturated rings. The molecule has 80 valence electrons. The number of rotatable bonds is 2. The number of aromatic nitrogens is 1. The van der Waals surface area contributed by atoms with Crippen LogP contribution in [0.1, 0.15) is 31.2 Å². The van der Waals surface area contributed by atoms with E-state index in [4.69, 9.17) is 5.73 Å².